The van der Waals surface area contributed by atoms with Crippen molar-refractivity contribution in [3.63, 3.8) is 0 Å². The largest absolute Gasteiger partial charge is 0.359 e. The third-order valence-electron chi connectivity index (χ3n) is 1.87. The van der Waals surface area contributed by atoms with Gasteiger partial charge in [0.15, 0.2) is 0 Å². The molecule has 82 valence electrons. The predicted molar refractivity (Wildman–Crippen MR) is 54.9 cm³/mol. The zero-order valence-electron chi connectivity index (χ0n) is 9.23. The van der Waals surface area contributed by atoms with Gasteiger partial charge in [0, 0.05) is 20.1 Å². The van der Waals surface area contributed by atoms with E-state index in [1.807, 2.05) is 6.92 Å². The van der Waals surface area contributed by atoms with Crippen molar-refractivity contribution in [3.05, 3.63) is 0 Å². The van der Waals surface area contributed by atoms with E-state index in [9.17, 15) is 9.59 Å². The summed E-state index contributed by atoms with van der Waals surface area (Å²) >= 11 is 0. The van der Waals surface area contributed by atoms with Crippen LogP contribution in [-0.2, 0) is 4.79 Å². The van der Waals surface area contributed by atoms with E-state index in [1.54, 1.807) is 20.9 Å². The second-order valence-electron chi connectivity index (χ2n) is 3.68. The van der Waals surface area contributed by atoms with E-state index >= 15 is 0 Å². The molecule has 14 heavy (non-hydrogen) atoms. The van der Waals surface area contributed by atoms with Crippen LogP contribution < -0.4 is 16.0 Å². The maximum Gasteiger partial charge on any atom is 0.314 e. The molecule has 0 saturated carbocycles. The van der Waals surface area contributed by atoms with Gasteiger partial charge in [0.1, 0.15) is 0 Å². The van der Waals surface area contributed by atoms with E-state index in [0.717, 1.165) is 0 Å². The van der Waals surface area contributed by atoms with Crippen LogP contribution in [0.15, 0.2) is 0 Å². The fourth-order valence-electron chi connectivity index (χ4n) is 0.943. The van der Waals surface area contributed by atoms with E-state index in [2.05, 4.69) is 16.0 Å². The molecule has 0 saturated heterocycles. The van der Waals surface area contributed by atoms with E-state index in [-0.39, 0.29) is 11.9 Å². The zero-order valence-corrected chi connectivity index (χ0v) is 9.23. The minimum atomic E-state index is -0.584. The van der Waals surface area contributed by atoms with Gasteiger partial charge in [-0.3, -0.25) is 4.79 Å². The molecular formula is C9H19N3O2. The normalized spacial score (nSPS) is 10.6. The topological polar surface area (TPSA) is 70.2 Å². The number of hydrogen-bond donors (Lipinski definition) is 3. The molecule has 0 aromatic carbocycles. The lowest BCUT2D eigenvalue weighted by molar-refractivity contribution is -0.128. The molecule has 0 fully saturated rings. The Labute approximate surface area is 84.6 Å². The van der Waals surface area contributed by atoms with Gasteiger partial charge in [-0.15, -0.1) is 0 Å². The molecular weight excluding hydrogens is 182 g/mol. The van der Waals surface area contributed by atoms with E-state index in [1.165, 1.54) is 0 Å². The lowest BCUT2D eigenvalue weighted by atomic mass is 9.92. The molecule has 0 aliphatic heterocycles. The van der Waals surface area contributed by atoms with Crippen molar-refractivity contribution in [1.82, 2.24) is 16.0 Å². The minimum Gasteiger partial charge on any atom is -0.359 e. The maximum absolute atomic E-state index is 11.3. The number of carbonyl (C=O) groups excluding carboxylic acids is 2. The third kappa shape index (κ3) is 4.11. The molecule has 0 aliphatic carbocycles. The number of rotatable bonds is 4. The smallest absolute Gasteiger partial charge is 0.314 e. The van der Waals surface area contributed by atoms with Crippen LogP contribution in [-0.4, -0.2) is 32.1 Å². The molecule has 0 aromatic rings. The molecule has 0 bridgehead atoms. The number of urea groups is 1. The quantitative estimate of drug-likeness (QED) is 0.602. The molecule has 0 heterocycles. The van der Waals surface area contributed by atoms with Crippen molar-refractivity contribution in [2.24, 2.45) is 5.41 Å². The lowest BCUT2D eigenvalue weighted by Crippen LogP contribution is -2.46. The first-order chi connectivity index (χ1) is 6.44. The zero-order chi connectivity index (χ0) is 11.2. The molecule has 0 spiro atoms. The average Bonchev–Trinajstić information content (AvgIpc) is 2.14. The van der Waals surface area contributed by atoms with Gasteiger partial charge in [-0.1, -0.05) is 0 Å². The third-order valence-corrected chi connectivity index (χ3v) is 1.87. The number of carbonyl (C=O) groups is 2. The van der Waals surface area contributed by atoms with Gasteiger partial charge in [0.25, 0.3) is 0 Å². The Morgan fingerprint density at radius 1 is 1.21 bits per heavy atom. The molecule has 3 amide bonds. The Hall–Kier alpha value is -1.26. The van der Waals surface area contributed by atoms with Crippen molar-refractivity contribution in [2.45, 2.75) is 20.8 Å². The van der Waals surface area contributed by atoms with Gasteiger partial charge >= 0.3 is 6.03 Å². The van der Waals surface area contributed by atoms with E-state index < -0.39 is 5.41 Å². The summed E-state index contributed by atoms with van der Waals surface area (Å²) < 4.78 is 0. The minimum absolute atomic E-state index is 0.0886. The molecule has 0 aliphatic rings. The van der Waals surface area contributed by atoms with Gasteiger partial charge in [0.05, 0.1) is 5.41 Å². The molecule has 3 N–H and O–H groups in total. The molecule has 5 nitrogen and oxygen atoms in total. The highest BCUT2D eigenvalue weighted by atomic mass is 16.2. The Morgan fingerprint density at radius 2 is 1.79 bits per heavy atom. The van der Waals surface area contributed by atoms with Gasteiger partial charge in [-0.05, 0) is 20.8 Å². The van der Waals surface area contributed by atoms with Crippen molar-refractivity contribution >= 4 is 11.9 Å². The fourth-order valence-corrected chi connectivity index (χ4v) is 0.943. The summed E-state index contributed by atoms with van der Waals surface area (Å²) in [6.45, 7) is 6.28. The first-order valence-electron chi connectivity index (χ1n) is 4.68. The summed E-state index contributed by atoms with van der Waals surface area (Å²) in [4.78, 5) is 22.4. The summed E-state index contributed by atoms with van der Waals surface area (Å²) in [5.74, 6) is -0.0886. The highest BCUT2D eigenvalue weighted by molar-refractivity contribution is 5.82. The van der Waals surface area contributed by atoms with Crippen LogP contribution in [0.3, 0.4) is 0 Å². The van der Waals surface area contributed by atoms with Crippen LogP contribution in [0, 0.1) is 5.41 Å². The molecule has 0 atom stereocenters. The summed E-state index contributed by atoms with van der Waals surface area (Å²) in [6.07, 6.45) is 0. The van der Waals surface area contributed by atoms with Crippen LogP contribution in [0.1, 0.15) is 20.8 Å². The summed E-state index contributed by atoms with van der Waals surface area (Å²) in [5, 5.41) is 7.77. The maximum atomic E-state index is 11.3. The monoisotopic (exact) mass is 201 g/mol. The van der Waals surface area contributed by atoms with Crippen molar-refractivity contribution in [2.75, 3.05) is 20.1 Å². The van der Waals surface area contributed by atoms with Crippen molar-refractivity contribution < 1.29 is 9.59 Å². The lowest BCUT2D eigenvalue weighted by Gasteiger charge is -2.22. The Bertz CT molecular complexity index is 214. The van der Waals surface area contributed by atoms with Crippen molar-refractivity contribution in [3.8, 4) is 0 Å². The van der Waals surface area contributed by atoms with E-state index in [4.69, 9.17) is 0 Å². The SMILES string of the molecule is CCNC(=O)NCC(C)(C)C(=O)NC. The number of nitrogens with one attached hydrogen (secondary N) is 3. The van der Waals surface area contributed by atoms with E-state index in [0.29, 0.717) is 13.1 Å². The predicted octanol–water partition coefficient (Wildman–Crippen LogP) is 0.0777. The highest BCUT2D eigenvalue weighted by Crippen LogP contribution is 2.12. The summed E-state index contributed by atoms with van der Waals surface area (Å²) in [6, 6.07) is -0.246. The van der Waals surface area contributed by atoms with Gasteiger partial charge in [-0.2, -0.15) is 0 Å². The summed E-state index contributed by atoms with van der Waals surface area (Å²) in [5.41, 5.74) is -0.584. The first-order valence-corrected chi connectivity index (χ1v) is 4.68. The van der Waals surface area contributed by atoms with Crippen LogP contribution in [0.2, 0.25) is 0 Å². The van der Waals surface area contributed by atoms with Crippen LogP contribution in [0.4, 0.5) is 4.79 Å². The second-order valence-corrected chi connectivity index (χ2v) is 3.68. The van der Waals surface area contributed by atoms with Gasteiger partial charge in [0.2, 0.25) is 5.91 Å². The van der Waals surface area contributed by atoms with Crippen LogP contribution in [0.25, 0.3) is 0 Å². The second kappa shape index (κ2) is 5.47. The molecule has 0 radical (unpaired) electrons. The number of hydrogen-bond acceptors (Lipinski definition) is 2. The first kappa shape index (κ1) is 12.7. The van der Waals surface area contributed by atoms with Crippen molar-refractivity contribution in [1.29, 1.82) is 0 Å². The Balaban J connectivity index is 3.98. The molecule has 0 aromatic heterocycles. The van der Waals surface area contributed by atoms with Crippen LogP contribution in [0.5, 0.6) is 0 Å². The molecule has 0 unspecified atom stereocenters. The Morgan fingerprint density at radius 3 is 2.21 bits per heavy atom. The summed E-state index contributed by atoms with van der Waals surface area (Å²) in [7, 11) is 1.58. The Kier molecular flexibility index (Phi) is 4.97. The standard InChI is InChI=1S/C9H19N3O2/c1-5-11-8(14)12-6-9(2,3)7(13)10-4/h5-6H2,1-4H3,(H,10,13)(H2,11,12,14). The molecule has 0 rings (SSSR count). The molecule has 5 heteroatoms. The van der Waals surface area contributed by atoms with Gasteiger partial charge < -0.3 is 16.0 Å². The van der Waals surface area contributed by atoms with Crippen LogP contribution >= 0.6 is 0 Å². The van der Waals surface area contributed by atoms with Gasteiger partial charge in [-0.25, -0.2) is 4.79 Å². The average molecular weight is 201 g/mol. The number of amides is 3. The highest BCUT2D eigenvalue weighted by Gasteiger charge is 2.26. The fraction of sp³-hybridized carbons (Fsp3) is 0.778.